The number of amides is 1. The predicted molar refractivity (Wildman–Crippen MR) is 61.5 cm³/mol. The van der Waals surface area contributed by atoms with Crippen LogP contribution in [0.2, 0.25) is 0 Å². The molecule has 0 bridgehead atoms. The molecule has 108 valence electrons. The third kappa shape index (κ3) is 4.78. The van der Waals surface area contributed by atoms with E-state index in [2.05, 4.69) is 15.2 Å². The minimum atomic E-state index is -4.37. The Labute approximate surface area is 107 Å². The quantitative estimate of drug-likeness (QED) is 0.755. The monoisotopic (exact) mass is 280 g/mol. The van der Waals surface area contributed by atoms with E-state index in [0.29, 0.717) is 6.54 Å². The first-order chi connectivity index (χ1) is 8.85. The molecule has 0 aliphatic rings. The molecule has 9 heteroatoms. The molecule has 0 aliphatic heterocycles. The lowest BCUT2D eigenvalue weighted by atomic mass is 10.3. The highest BCUT2D eigenvalue weighted by Crippen LogP contribution is 2.14. The summed E-state index contributed by atoms with van der Waals surface area (Å²) in [6.45, 7) is 0.646. The number of halogens is 3. The third-order valence-corrected chi connectivity index (χ3v) is 2.18. The van der Waals surface area contributed by atoms with Crippen LogP contribution in [0.1, 0.15) is 17.4 Å². The Kier molecular flexibility index (Phi) is 5.16. The molecule has 19 heavy (non-hydrogen) atoms. The smallest absolute Gasteiger partial charge is 0.396 e. The van der Waals surface area contributed by atoms with Crippen LogP contribution in [0, 0.1) is 0 Å². The van der Waals surface area contributed by atoms with E-state index in [0.717, 1.165) is 0 Å². The molecule has 0 radical (unpaired) electrons. The van der Waals surface area contributed by atoms with Crippen LogP contribution >= 0.6 is 0 Å². The van der Waals surface area contributed by atoms with E-state index >= 15 is 0 Å². The number of nitrogens with one attached hydrogen (secondary N) is 1. The molecule has 0 saturated carbocycles. The van der Waals surface area contributed by atoms with Gasteiger partial charge in [0.05, 0.1) is 18.5 Å². The first kappa shape index (κ1) is 15.3. The number of ether oxygens (including phenoxy) is 1. The first-order valence-corrected chi connectivity index (χ1v) is 5.59. The van der Waals surface area contributed by atoms with Gasteiger partial charge < -0.3 is 15.8 Å². The number of aromatic nitrogens is 2. The summed E-state index contributed by atoms with van der Waals surface area (Å²) in [6.07, 6.45) is -3.02. The SMILES string of the molecule is CCn1ncc(N)c1C(=O)NCCOCC(F)(F)F. The van der Waals surface area contributed by atoms with Crippen molar-refractivity contribution in [3.63, 3.8) is 0 Å². The average molecular weight is 280 g/mol. The van der Waals surface area contributed by atoms with Crippen molar-refractivity contribution < 1.29 is 22.7 Å². The van der Waals surface area contributed by atoms with Gasteiger partial charge in [-0.3, -0.25) is 9.48 Å². The number of alkyl halides is 3. The first-order valence-electron chi connectivity index (χ1n) is 5.59. The summed E-state index contributed by atoms with van der Waals surface area (Å²) in [5, 5.41) is 6.30. The maximum absolute atomic E-state index is 11.8. The molecule has 1 heterocycles. The topological polar surface area (TPSA) is 82.2 Å². The van der Waals surface area contributed by atoms with Crippen molar-refractivity contribution in [2.24, 2.45) is 0 Å². The lowest BCUT2D eigenvalue weighted by Crippen LogP contribution is -2.31. The summed E-state index contributed by atoms with van der Waals surface area (Å²) >= 11 is 0. The van der Waals surface area contributed by atoms with Gasteiger partial charge in [0.2, 0.25) is 0 Å². The van der Waals surface area contributed by atoms with Gasteiger partial charge in [-0.15, -0.1) is 0 Å². The van der Waals surface area contributed by atoms with Crippen LogP contribution in [-0.4, -0.2) is 41.6 Å². The van der Waals surface area contributed by atoms with Crippen LogP contribution in [0.15, 0.2) is 6.20 Å². The Bertz CT molecular complexity index is 431. The zero-order valence-electron chi connectivity index (χ0n) is 10.3. The van der Waals surface area contributed by atoms with Crippen molar-refractivity contribution in [2.75, 3.05) is 25.5 Å². The second-order valence-corrected chi connectivity index (χ2v) is 3.69. The summed E-state index contributed by atoms with van der Waals surface area (Å²) in [7, 11) is 0. The van der Waals surface area contributed by atoms with Crippen molar-refractivity contribution >= 4 is 11.6 Å². The predicted octanol–water partition coefficient (Wildman–Crippen LogP) is 0.794. The van der Waals surface area contributed by atoms with Crippen LogP contribution in [0.25, 0.3) is 0 Å². The number of nitrogens with two attached hydrogens (primary N) is 1. The Balaban J connectivity index is 2.37. The second kappa shape index (κ2) is 6.41. The van der Waals surface area contributed by atoms with Crippen molar-refractivity contribution in [3.05, 3.63) is 11.9 Å². The number of carbonyl (C=O) groups excluding carboxylic acids is 1. The fourth-order valence-corrected chi connectivity index (χ4v) is 1.40. The van der Waals surface area contributed by atoms with Crippen LogP contribution in [-0.2, 0) is 11.3 Å². The summed E-state index contributed by atoms with van der Waals surface area (Å²) < 4.78 is 41.1. The van der Waals surface area contributed by atoms with Gasteiger partial charge in [0, 0.05) is 13.1 Å². The Morgan fingerprint density at radius 1 is 1.58 bits per heavy atom. The number of hydrogen-bond acceptors (Lipinski definition) is 4. The molecule has 0 saturated heterocycles. The third-order valence-electron chi connectivity index (χ3n) is 2.18. The van der Waals surface area contributed by atoms with E-state index in [9.17, 15) is 18.0 Å². The molecule has 0 unspecified atom stereocenters. The lowest BCUT2D eigenvalue weighted by Gasteiger charge is -2.09. The number of aryl methyl sites for hydroxylation is 1. The number of rotatable bonds is 6. The fraction of sp³-hybridized carbons (Fsp3) is 0.600. The van der Waals surface area contributed by atoms with Crippen LogP contribution in [0.3, 0.4) is 0 Å². The van der Waals surface area contributed by atoms with Crippen molar-refractivity contribution in [1.82, 2.24) is 15.1 Å². The highest BCUT2D eigenvalue weighted by atomic mass is 19.4. The van der Waals surface area contributed by atoms with Gasteiger partial charge in [0.25, 0.3) is 5.91 Å². The van der Waals surface area contributed by atoms with Gasteiger partial charge in [-0.2, -0.15) is 18.3 Å². The number of hydrogen-bond donors (Lipinski definition) is 2. The van der Waals surface area contributed by atoms with E-state index in [1.54, 1.807) is 6.92 Å². The molecule has 1 rings (SSSR count). The van der Waals surface area contributed by atoms with Crippen molar-refractivity contribution in [3.8, 4) is 0 Å². The van der Waals surface area contributed by atoms with E-state index in [1.165, 1.54) is 10.9 Å². The van der Waals surface area contributed by atoms with Gasteiger partial charge in [-0.1, -0.05) is 0 Å². The van der Waals surface area contributed by atoms with Crippen LogP contribution in [0.4, 0.5) is 18.9 Å². The molecule has 0 fully saturated rings. The summed E-state index contributed by atoms with van der Waals surface area (Å²) in [5.41, 5.74) is 5.99. The number of nitrogens with zero attached hydrogens (tertiary/aromatic N) is 2. The Morgan fingerprint density at radius 3 is 2.84 bits per heavy atom. The number of nitrogen functional groups attached to an aromatic ring is 1. The molecule has 0 atom stereocenters. The largest absolute Gasteiger partial charge is 0.411 e. The molecule has 0 spiro atoms. The molecule has 1 amide bonds. The molecular weight excluding hydrogens is 265 g/mol. The summed E-state index contributed by atoms with van der Waals surface area (Å²) in [6, 6.07) is 0. The second-order valence-electron chi connectivity index (χ2n) is 3.69. The van der Waals surface area contributed by atoms with Crippen molar-refractivity contribution in [2.45, 2.75) is 19.6 Å². The van der Waals surface area contributed by atoms with E-state index < -0.39 is 18.7 Å². The number of anilines is 1. The van der Waals surface area contributed by atoms with Gasteiger partial charge in [0.1, 0.15) is 12.3 Å². The standard InChI is InChI=1S/C10H15F3N4O2/c1-2-17-8(7(14)5-16-17)9(18)15-3-4-19-6-10(11,12)13/h5H,2-4,6,14H2,1H3,(H,15,18). The fourth-order valence-electron chi connectivity index (χ4n) is 1.40. The molecule has 6 nitrogen and oxygen atoms in total. The van der Waals surface area contributed by atoms with E-state index in [4.69, 9.17) is 5.73 Å². The number of carbonyl (C=O) groups is 1. The molecule has 1 aromatic heterocycles. The molecular formula is C10H15F3N4O2. The lowest BCUT2D eigenvalue weighted by molar-refractivity contribution is -0.173. The maximum atomic E-state index is 11.8. The normalized spacial score (nSPS) is 11.6. The molecule has 1 aromatic rings. The minimum absolute atomic E-state index is 0.0384. The van der Waals surface area contributed by atoms with E-state index in [1.807, 2.05) is 0 Å². The Hall–Kier alpha value is -1.77. The molecule has 3 N–H and O–H groups in total. The highest BCUT2D eigenvalue weighted by Gasteiger charge is 2.27. The van der Waals surface area contributed by atoms with Crippen LogP contribution in [0.5, 0.6) is 0 Å². The minimum Gasteiger partial charge on any atom is -0.396 e. The highest BCUT2D eigenvalue weighted by molar-refractivity contribution is 5.97. The average Bonchev–Trinajstić information content (AvgIpc) is 2.68. The van der Waals surface area contributed by atoms with Crippen molar-refractivity contribution in [1.29, 1.82) is 0 Å². The summed E-state index contributed by atoms with van der Waals surface area (Å²) in [4.78, 5) is 11.7. The zero-order valence-corrected chi connectivity index (χ0v) is 10.3. The zero-order chi connectivity index (χ0) is 14.5. The molecule has 0 aromatic carbocycles. The summed E-state index contributed by atoms with van der Waals surface area (Å²) in [5.74, 6) is -0.493. The van der Waals surface area contributed by atoms with Gasteiger partial charge >= 0.3 is 6.18 Å². The Morgan fingerprint density at radius 2 is 2.26 bits per heavy atom. The van der Waals surface area contributed by atoms with Gasteiger partial charge in [0.15, 0.2) is 0 Å². The van der Waals surface area contributed by atoms with E-state index in [-0.39, 0.29) is 24.5 Å². The van der Waals surface area contributed by atoms with Gasteiger partial charge in [-0.05, 0) is 6.92 Å². The van der Waals surface area contributed by atoms with Gasteiger partial charge in [-0.25, -0.2) is 0 Å². The molecule has 0 aliphatic carbocycles. The van der Waals surface area contributed by atoms with Crippen LogP contribution < -0.4 is 11.1 Å². The maximum Gasteiger partial charge on any atom is 0.411 e.